The topological polar surface area (TPSA) is 17.1 Å². The zero-order valence-electron chi connectivity index (χ0n) is 10.7. The third-order valence-corrected chi connectivity index (χ3v) is 2.99. The molecule has 94 valence electrons. The molecule has 0 saturated heterocycles. The summed E-state index contributed by atoms with van der Waals surface area (Å²) in [7, 11) is 0. The summed E-state index contributed by atoms with van der Waals surface area (Å²) in [6, 6.07) is 19.9. The van der Waals surface area contributed by atoms with Gasteiger partial charge in [0.05, 0.1) is 0 Å². The summed E-state index contributed by atoms with van der Waals surface area (Å²) in [6.45, 7) is 3.84. The van der Waals surface area contributed by atoms with Crippen molar-refractivity contribution in [3.8, 4) is 0 Å². The first-order chi connectivity index (χ1) is 9.31. The van der Waals surface area contributed by atoms with Gasteiger partial charge in [-0.2, -0.15) is 0 Å². The normalized spacial score (nSPS) is 12.2. The molecule has 0 aromatic heterocycles. The molecule has 0 fully saturated rings. The van der Waals surface area contributed by atoms with Crippen molar-refractivity contribution in [1.29, 1.82) is 0 Å². The number of carbonyl (C=O) groups is 1. The number of benzene rings is 2. The van der Waals surface area contributed by atoms with Crippen LogP contribution >= 0.6 is 0 Å². The van der Waals surface area contributed by atoms with Gasteiger partial charge >= 0.3 is 0 Å². The van der Waals surface area contributed by atoms with Crippen molar-refractivity contribution in [1.82, 2.24) is 0 Å². The molecule has 0 radical (unpaired) electrons. The number of allylic oxidation sites excluding steroid dienone is 2. The van der Waals surface area contributed by atoms with E-state index in [-0.39, 0.29) is 5.92 Å². The van der Waals surface area contributed by atoms with E-state index in [9.17, 15) is 4.79 Å². The van der Waals surface area contributed by atoms with Crippen molar-refractivity contribution < 1.29 is 4.79 Å². The monoisotopic (exact) mass is 248 g/mol. The van der Waals surface area contributed by atoms with Crippen LogP contribution in [-0.2, 0) is 4.79 Å². The number of aldehydes is 1. The van der Waals surface area contributed by atoms with E-state index in [1.54, 1.807) is 0 Å². The molecular formula is C18H16O. The zero-order chi connectivity index (χ0) is 13.5. The molecule has 2 aromatic rings. The average molecular weight is 248 g/mol. The maximum atomic E-state index is 11.0. The Bertz CT molecular complexity index is 567. The van der Waals surface area contributed by atoms with Crippen molar-refractivity contribution in [3.63, 3.8) is 0 Å². The Morgan fingerprint density at radius 2 is 1.53 bits per heavy atom. The molecular weight excluding hydrogens is 232 g/mol. The molecule has 0 N–H and O–H groups in total. The minimum absolute atomic E-state index is 0.0705. The second-order valence-corrected chi connectivity index (χ2v) is 4.35. The van der Waals surface area contributed by atoms with Crippen LogP contribution in [0.3, 0.4) is 0 Å². The van der Waals surface area contributed by atoms with Gasteiger partial charge in [-0.25, -0.2) is 0 Å². The zero-order valence-corrected chi connectivity index (χ0v) is 10.7. The van der Waals surface area contributed by atoms with Gasteiger partial charge in [0, 0.05) is 5.92 Å². The molecule has 0 heterocycles. The van der Waals surface area contributed by atoms with Crippen LogP contribution in [0, 0.1) is 0 Å². The smallest absolute Gasteiger partial charge is 0.146 e. The summed E-state index contributed by atoms with van der Waals surface area (Å²) in [5.74, 6) is -0.0705. The highest BCUT2D eigenvalue weighted by Gasteiger charge is 2.10. The molecule has 2 aromatic carbocycles. The molecule has 0 saturated carbocycles. The van der Waals surface area contributed by atoms with Gasteiger partial charge in [0.2, 0.25) is 0 Å². The van der Waals surface area contributed by atoms with Crippen molar-refractivity contribution in [2.75, 3.05) is 0 Å². The highest BCUT2D eigenvalue weighted by atomic mass is 16.1. The SMILES string of the molecule is C=C(C=O)C(/C=C/c1ccccc1)c1ccccc1. The molecule has 1 nitrogen and oxygen atoms in total. The fourth-order valence-corrected chi connectivity index (χ4v) is 1.95. The van der Waals surface area contributed by atoms with Crippen molar-refractivity contribution in [3.05, 3.63) is 90.0 Å². The second kappa shape index (κ2) is 6.50. The minimum atomic E-state index is -0.0705. The highest BCUT2D eigenvalue weighted by Crippen LogP contribution is 2.24. The van der Waals surface area contributed by atoms with E-state index in [0.29, 0.717) is 5.57 Å². The predicted molar refractivity (Wildman–Crippen MR) is 79.9 cm³/mol. The third kappa shape index (κ3) is 3.52. The number of hydrogen-bond donors (Lipinski definition) is 0. The molecule has 0 aliphatic heterocycles. The molecule has 1 heteroatoms. The van der Waals surface area contributed by atoms with E-state index < -0.39 is 0 Å². The predicted octanol–water partition coefficient (Wildman–Crippen LogP) is 4.24. The summed E-state index contributed by atoms with van der Waals surface area (Å²) < 4.78 is 0. The van der Waals surface area contributed by atoms with E-state index in [0.717, 1.165) is 17.4 Å². The standard InChI is InChI=1S/C18H16O/c1-15(14-19)18(17-10-6-3-7-11-17)13-12-16-8-4-2-5-9-16/h2-14,18H,1H2/b13-12+. The van der Waals surface area contributed by atoms with Gasteiger partial charge in [0.15, 0.2) is 0 Å². The molecule has 0 aliphatic carbocycles. The molecule has 1 unspecified atom stereocenters. The maximum absolute atomic E-state index is 11.0. The Hall–Kier alpha value is -2.41. The lowest BCUT2D eigenvalue weighted by Crippen LogP contribution is -1.99. The molecule has 0 bridgehead atoms. The lowest BCUT2D eigenvalue weighted by atomic mass is 9.92. The Balaban J connectivity index is 2.27. The van der Waals surface area contributed by atoms with Crippen molar-refractivity contribution >= 4 is 12.4 Å². The molecule has 2 rings (SSSR count). The van der Waals surface area contributed by atoms with E-state index >= 15 is 0 Å². The van der Waals surface area contributed by atoms with E-state index in [4.69, 9.17) is 0 Å². The van der Waals surface area contributed by atoms with Crippen LogP contribution in [0.1, 0.15) is 17.0 Å². The molecule has 1 atom stereocenters. The molecule has 0 aliphatic rings. The van der Waals surface area contributed by atoms with E-state index in [1.165, 1.54) is 0 Å². The Morgan fingerprint density at radius 3 is 2.11 bits per heavy atom. The van der Waals surface area contributed by atoms with Gasteiger partial charge < -0.3 is 0 Å². The third-order valence-electron chi connectivity index (χ3n) is 2.99. The first-order valence-corrected chi connectivity index (χ1v) is 6.23. The second-order valence-electron chi connectivity index (χ2n) is 4.35. The summed E-state index contributed by atoms with van der Waals surface area (Å²) in [5, 5.41) is 0. The van der Waals surface area contributed by atoms with Gasteiger partial charge in [-0.3, -0.25) is 4.79 Å². The molecule has 0 amide bonds. The van der Waals surface area contributed by atoms with Crippen LogP contribution in [0.4, 0.5) is 0 Å². The van der Waals surface area contributed by atoms with Crippen LogP contribution in [0.15, 0.2) is 78.9 Å². The summed E-state index contributed by atoms with van der Waals surface area (Å²) >= 11 is 0. The van der Waals surface area contributed by atoms with Crippen LogP contribution in [0.2, 0.25) is 0 Å². The number of hydrogen-bond acceptors (Lipinski definition) is 1. The maximum Gasteiger partial charge on any atom is 0.146 e. The number of carbonyl (C=O) groups excluding carboxylic acids is 1. The Morgan fingerprint density at radius 1 is 0.947 bits per heavy atom. The Labute approximate surface area is 113 Å². The van der Waals surface area contributed by atoms with Crippen molar-refractivity contribution in [2.45, 2.75) is 5.92 Å². The van der Waals surface area contributed by atoms with Crippen molar-refractivity contribution in [2.24, 2.45) is 0 Å². The van der Waals surface area contributed by atoms with Gasteiger partial charge in [0.1, 0.15) is 6.29 Å². The Kier molecular flexibility index (Phi) is 4.46. The molecule has 19 heavy (non-hydrogen) atoms. The highest BCUT2D eigenvalue weighted by molar-refractivity contribution is 5.76. The van der Waals surface area contributed by atoms with Gasteiger partial charge in [-0.1, -0.05) is 79.4 Å². The fraction of sp³-hybridized carbons (Fsp3) is 0.0556. The first kappa shape index (κ1) is 13.0. The minimum Gasteiger partial charge on any atom is -0.298 e. The van der Waals surface area contributed by atoms with Crippen LogP contribution in [0.25, 0.3) is 6.08 Å². The van der Waals surface area contributed by atoms with E-state index in [1.807, 2.05) is 72.8 Å². The summed E-state index contributed by atoms with van der Waals surface area (Å²) in [4.78, 5) is 11.0. The van der Waals surface area contributed by atoms with Gasteiger partial charge in [-0.15, -0.1) is 0 Å². The quantitative estimate of drug-likeness (QED) is 0.571. The van der Waals surface area contributed by atoms with Crippen LogP contribution in [0.5, 0.6) is 0 Å². The number of rotatable bonds is 5. The average Bonchev–Trinajstić information content (AvgIpc) is 2.49. The van der Waals surface area contributed by atoms with E-state index in [2.05, 4.69) is 6.58 Å². The largest absolute Gasteiger partial charge is 0.298 e. The van der Waals surface area contributed by atoms with Crippen LogP contribution in [-0.4, -0.2) is 6.29 Å². The first-order valence-electron chi connectivity index (χ1n) is 6.23. The molecule has 0 spiro atoms. The summed E-state index contributed by atoms with van der Waals surface area (Å²) in [6.07, 6.45) is 4.86. The van der Waals surface area contributed by atoms with Crippen LogP contribution < -0.4 is 0 Å². The lowest BCUT2D eigenvalue weighted by molar-refractivity contribution is -0.105. The summed E-state index contributed by atoms with van der Waals surface area (Å²) in [5.41, 5.74) is 2.76. The fourth-order valence-electron chi connectivity index (χ4n) is 1.95. The van der Waals surface area contributed by atoms with Gasteiger partial charge in [0.25, 0.3) is 0 Å². The lowest BCUT2D eigenvalue weighted by Gasteiger charge is -2.12. The van der Waals surface area contributed by atoms with Gasteiger partial charge in [-0.05, 0) is 16.7 Å².